The molecule has 0 aliphatic carbocycles. The number of hydrogen-bond donors (Lipinski definition) is 2. The van der Waals surface area contributed by atoms with Crippen molar-refractivity contribution in [3.63, 3.8) is 0 Å². The van der Waals surface area contributed by atoms with Gasteiger partial charge in [0.2, 0.25) is 5.91 Å². The number of aliphatic carboxylic acids is 1. The number of rotatable bonds is 7. The maximum atomic E-state index is 11.3. The van der Waals surface area contributed by atoms with Crippen molar-refractivity contribution >= 4 is 46.6 Å². The second kappa shape index (κ2) is 7.58. The lowest BCUT2D eigenvalue weighted by molar-refractivity contribution is -0.133. The molecule has 1 aromatic heterocycles. The van der Waals surface area contributed by atoms with Crippen LogP contribution in [0.25, 0.3) is 0 Å². The zero-order chi connectivity index (χ0) is 12.7. The van der Waals surface area contributed by atoms with Crippen molar-refractivity contribution in [2.24, 2.45) is 0 Å². The van der Waals surface area contributed by atoms with Gasteiger partial charge >= 0.3 is 5.97 Å². The molecule has 1 aromatic rings. The summed E-state index contributed by atoms with van der Waals surface area (Å²) in [7, 11) is 0. The summed E-state index contributed by atoms with van der Waals surface area (Å²) < 4.78 is 0.739. The predicted molar refractivity (Wildman–Crippen MR) is 71.0 cm³/mol. The number of halogens is 1. The standard InChI is InChI=1S/C10H12ClNO3S2/c11-8-2-1-7(17-8)3-4-12-9(13)5-16-6-10(14)15/h1-2H,3-6H2,(H,12,13)(H,14,15). The van der Waals surface area contributed by atoms with Gasteiger partial charge < -0.3 is 10.4 Å². The van der Waals surface area contributed by atoms with E-state index in [1.54, 1.807) is 0 Å². The Hall–Kier alpha value is -0.720. The number of hydrogen-bond acceptors (Lipinski definition) is 4. The number of carboxylic acid groups (broad SMARTS) is 1. The van der Waals surface area contributed by atoms with Gasteiger partial charge in [0.25, 0.3) is 0 Å². The van der Waals surface area contributed by atoms with E-state index >= 15 is 0 Å². The monoisotopic (exact) mass is 293 g/mol. The minimum absolute atomic E-state index is 0.0477. The zero-order valence-corrected chi connectivity index (χ0v) is 11.3. The number of carbonyl (C=O) groups excluding carboxylic acids is 1. The summed E-state index contributed by atoms with van der Waals surface area (Å²) in [6.45, 7) is 0.545. The molecule has 1 rings (SSSR count). The normalized spacial score (nSPS) is 10.2. The summed E-state index contributed by atoms with van der Waals surface area (Å²) in [5.41, 5.74) is 0. The number of carboxylic acids is 1. The quantitative estimate of drug-likeness (QED) is 0.805. The van der Waals surface area contributed by atoms with Gasteiger partial charge in [0.1, 0.15) is 0 Å². The van der Waals surface area contributed by atoms with Crippen molar-refractivity contribution in [3.8, 4) is 0 Å². The first-order chi connectivity index (χ1) is 8.08. The Morgan fingerprint density at radius 1 is 1.41 bits per heavy atom. The van der Waals surface area contributed by atoms with E-state index in [1.807, 2.05) is 12.1 Å². The van der Waals surface area contributed by atoms with Crippen molar-refractivity contribution in [1.82, 2.24) is 5.32 Å². The number of nitrogens with one attached hydrogen (secondary N) is 1. The minimum atomic E-state index is -0.906. The third kappa shape index (κ3) is 6.55. The van der Waals surface area contributed by atoms with Gasteiger partial charge in [-0.3, -0.25) is 9.59 Å². The molecule has 0 spiro atoms. The number of carbonyl (C=O) groups is 2. The molecule has 2 N–H and O–H groups in total. The van der Waals surface area contributed by atoms with Crippen LogP contribution in [-0.2, 0) is 16.0 Å². The van der Waals surface area contributed by atoms with Crippen LogP contribution in [0.15, 0.2) is 12.1 Å². The lowest BCUT2D eigenvalue weighted by Gasteiger charge is -2.02. The molecule has 17 heavy (non-hydrogen) atoms. The van der Waals surface area contributed by atoms with Gasteiger partial charge in [0.15, 0.2) is 0 Å². The van der Waals surface area contributed by atoms with Gasteiger partial charge in [-0.25, -0.2) is 0 Å². The third-order valence-electron chi connectivity index (χ3n) is 1.78. The van der Waals surface area contributed by atoms with Crippen molar-refractivity contribution in [2.45, 2.75) is 6.42 Å². The molecule has 0 atom stereocenters. The zero-order valence-electron chi connectivity index (χ0n) is 8.94. The summed E-state index contributed by atoms with van der Waals surface area (Å²) in [6.07, 6.45) is 0.743. The first-order valence-corrected chi connectivity index (χ1v) is 7.23. The van der Waals surface area contributed by atoms with E-state index in [0.717, 1.165) is 27.4 Å². The molecule has 7 heteroatoms. The molecular formula is C10H12ClNO3S2. The molecule has 0 radical (unpaired) electrons. The van der Waals surface area contributed by atoms with Crippen molar-refractivity contribution in [2.75, 3.05) is 18.1 Å². The van der Waals surface area contributed by atoms with E-state index in [9.17, 15) is 9.59 Å². The average Bonchev–Trinajstić information content (AvgIpc) is 2.63. The van der Waals surface area contributed by atoms with Crippen molar-refractivity contribution in [1.29, 1.82) is 0 Å². The van der Waals surface area contributed by atoms with Gasteiger partial charge in [0.05, 0.1) is 15.8 Å². The molecule has 0 bridgehead atoms. The van der Waals surface area contributed by atoms with Crippen molar-refractivity contribution < 1.29 is 14.7 Å². The molecule has 0 unspecified atom stereocenters. The first-order valence-electron chi connectivity index (χ1n) is 4.88. The van der Waals surface area contributed by atoms with Gasteiger partial charge in [-0.2, -0.15) is 0 Å². The molecule has 94 valence electrons. The van der Waals surface area contributed by atoms with Gasteiger partial charge in [0, 0.05) is 11.4 Å². The van der Waals surface area contributed by atoms with Crippen LogP contribution < -0.4 is 5.32 Å². The topological polar surface area (TPSA) is 66.4 Å². The Bertz CT molecular complexity index is 395. The smallest absolute Gasteiger partial charge is 0.313 e. The highest BCUT2D eigenvalue weighted by atomic mass is 35.5. The summed E-state index contributed by atoms with van der Waals surface area (Å²) in [6, 6.07) is 3.75. The molecule has 0 aliphatic rings. The molecule has 1 amide bonds. The van der Waals surface area contributed by atoms with E-state index in [4.69, 9.17) is 16.7 Å². The van der Waals surface area contributed by atoms with E-state index in [-0.39, 0.29) is 17.4 Å². The van der Waals surface area contributed by atoms with Crippen LogP contribution in [0.5, 0.6) is 0 Å². The first kappa shape index (κ1) is 14.3. The fourth-order valence-corrected chi connectivity index (χ4v) is 2.74. The van der Waals surface area contributed by atoms with Crippen LogP contribution in [0.3, 0.4) is 0 Å². The molecule has 4 nitrogen and oxygen atoms in total. The van der Waals surface area contributed by atoms with E-state index in [0.29, 0.717) is 6.54 Å². The molecule has 1 heterocycles. The SMILES string of the molecule is O=C(O)CSCC(=O)NCCc1ccc(Cl)s1. The molecule has 0 fully saturated rings. The molecule has 0 aromatic carbocycles. The highest BCUT2D eigenvalue weighted by molar-refractivity contribution is 8.00. The lowest BCUT2D eigenvalue weighted by atomic mass is 10.3. The Kier molecular flexibility index (Phi) is 6.39. The summed E-state index contributed by atoms with van der Waals surface area (Å²) in [5.74, 6) is -0.916. The fraction of sp³-hybridized carbons (Fsp3) is 0.400. The summed E-state index contributed by atoms with van der Waals surface area (Å²) in [5, 5.41) is 11.1. The summed E-state index contributed by atoms with van der Waals surface area (Å²) in [4.78, 5) is 22.6. The molecule has 0 saturated heterocycles. The maximum Gasteiger partial charge on any atom is 0.313 e. The van der Waals surface area contributed by atoms with E-state index in [1.165, 1.54) is 11.3 Å². The number of thiophene rings is 1. The van der Waals surface area contributed by atoms with Crippen LogP contribution >= 0.6 is 34.7 Å². The fourth-order valence-electron chi connectivity index (χ4n) is 1.09. The Labute approximate surface area is 112 Å². The van der Waals surface area contributed by atoms with Crippen LogP contribution in [-0.4, -0.2) is 35.0 Å². The average molecular weight is 294 g/mol. The van der Waals surface area contributed by atoms with E-state index in [2.05, 4.69) is 5.32 Å². The van der Waals surface area contributed by atoms with Gasteiger partial charge in [-0.05, 0) is 18.6 Å². The van der Waals surface area contributed by atoms with Gasteiger partial charge in [-0.1, -0.05) is 11.6 Å². The summed E-state index contributed by atoms with van der Waals surface area (Å²) >= 11 is 8.35. The van der Waals surface area contributed by atoms with Crippen LogP contribution in [0, 0.1) is 0 Å². The minimum Gasteiger partial charge on any atom is -0.481 e. The largest absolute Gasteiger partial charge is 0.481 e. The van der Waals surface area contributed by atoms with Crippen LogP contribution in [0.1, 0.15) is 4.88 Å². The molecular weight excluding hydrogens is 282 g/mol. The number of amides is 1. The lowest BCUT2D eigenvalue weighted by Crippen LogP contribution is -2.27. The Morgan fingerprint density at radius 2 is 2.18 bits per heavy atom. The second-order valence-corrected chi connectivity index (χ2v) is 5.98. The Balaban J connectivity index is 2.10. The van der Waals surface area contributed by atoms with Gasteiger partial charge in [-0.15, -0.1) is 23.1 Å². The number of thioether (sulfide) groups is 1. The maximum absolute atomic E-state index is 11.3. The molecule has 0 aliphatic heterocycles. The van der Waals surface area contributed by atoms with E-state index < -0.39 is 5.97 Å². The van der Waals surface area contributed by atoms with Crippen molar-refractivity contribution in [3.05, 3.63) is 21.3 Å². The second-order valence-electron chi connectivity index (χ2n) is 3.19. The third-order valence-corrected chi connectivity index (χ3v) is 3.99. The molecule has 0 saturated carbocycles. The van der Waals surface area contributed by atoms with Crippen LogP contribution in [0.4, 0.5) is 0 Å². The predicted octanol–water partition coefficient (Wildman–Crippen LogP) is 1.88. The highest BCUT2D eigenvalue weighted by Crippen LogP contribution is 2.21. The Morgan fingerprint density at radius 3 is 2.76 bits per heavy atom. The van der Waals surface area contributed by atoms with Crippen LogP contribution in [0.2, 0.25) is 4.34 Å². The highest BCUT2D eigenvalue weighted by Gasteiger charge is 2.04.